The Morgan fingerprint density at radius 3 is 2.56 bits per heavy atom. The highest BCUT2D eigenvalue weighted by Gasteiger charge is 2.21. The van der Waals surface area contributed by atoms with Crippen LogP contribution in [0.5, 0.6) is 0 Å². The van der Waals surface area contributed by atoms with E-state index in [4.69, 9.17) is 16.6 Å². The Hall–Kier alpha value is -2.72. The summed E-state index contributed by atoms with van der Waals surface area (Å²) in [5, 5.41) is 4.27. The molecule has 5 heterocycles. The molecule has 2 saturated heterocycles. The molecule has 2 aliphatic heterocycles. The Labute approximate surface area is 220 Å². The summed E-state index contributed by atoms with van der Waals surface area (Å²) in [6, 6.07) is 9.07. The minimum absolute atomic E-state index is 0.395. The van der Waals surface area contributed by atoms with E-state index >= 15 is 0 Å². The van der Waals surface area contributed by atoms with Crippen LogP contribution in [0.3, 0.4) is 0 Å². The smallest absolute Gasteiger partial charge is 0.159 e. The minimum Gasteiger partial charge on any atom is -0.379 e. The third kappa shape index (κ3) is 5.06. The molecular weight excluding hydrogens is 492 g/mol. The molecular formula is C26H31ClN8S. The Kier molecular flexibility index (Phi) is 6.79. The van der Waals surface area contributed by atoms with Crippen molar-refractivity contribution in [2.75, 3.05) is 56.5 Å². The Bertz CT molecular complexity index is 1290. The van der Waals surface area contributed by atoms with E-state index in [1.54, 1.807) is 17.5 Å². The van der Waals surface area contributed by atoms with Gasteiger partial charge in [0.05, 0.1) is 22.4 Å². The largest absolute Gasteiger partial charge is 0.379 e. The third-order valence-electron chi connectivity index (χ3n) is 7.28. The molecule has 2 N–H and O–H groups in total. The molecule has 4 aromatic rings. The first-order chi connectivity index (χ1) is 17.6. The molecule has 2 aliphatic rings. The highest BCUT2D eigenvalue weighted by Crippen LogP contribution is 2.32. The van der Waals surface area contributed by atoms with Crippen molar-refractivity contribution >= 4 is 45.5 Å². The van der Waals surface area contributed by atoms with Crippen molar-refractivity contribution in [2.24, 2.45) is 0 Å². The summed E-state index contributed by atoms with van der Waals surface area (Å²) >= 11 is 8.29. The lowest BCUT2D eigenvalue weighted by molar-refractivity contribution is 0.252. The fraction of sp³-hybridized carbons (Fsp3) is 0.423. The van der Waals surface area contributed by atoms with Gasteiger partial charge in [-0.2, -0.15) is 0 Å². The molecule has 0 bridgehead atoms. The molecule has 36 heavy (non-hydrogen) atoms. The van der Waals surface area contributed by atoms with Gasteiger partial charge in [-0.25, -0.2) is 9.97 Å². The number of H-pyrrole nitrogens is 1. The number of hydrogen-bond acceptors (Lipinski definition) is 8. The molecule has 6 rings (SSSR count). The predicted octanol–water partition coefficient (Wildman–Crippen LogP) is 4.56. The molecule has 0 amide bonds. The summed E-state index contributed by atoms with van der Waals surface area (Å²) in [5.74, 6) is 0.812. The van der Waals surface area contributed by atoms with Crippen molar-refractivity contribution in [3.63, 3.8) is 0 Å². The van der Waals surface area contributed by atoms with Gasteiger partial charge in [0.1, 0.15) is 11.3 Å². The van der Waals surface area contributed by atoms with Crippen LogP contribution in [0.1, 0.15) is 17.7 Å². The number of pyridine rings is 1. The molecule has 0 spiro atoms. The van der Waals surface area contributed by atoms with Crippen LogP contribution in [0.15, 0.2) is 42.2 Å². The van der Waals surface area contributed by atoms with Gasteiger partial charge in [-0.1, -0.05) is 11.6 Å². The number of likely N-dealkylation sites (tertiary alicyclic amines) is 1. The van der Waals surface area contributed by atoms with Crippen LogP contribution >= 0.6 is 22.9 Å². The summed E-state index contributed by atoms with van der Waals surface area (Å²) in [6.45, 7) is 7.34. The number of imidazole rings is 1. The molecule has 0 saturated carbocycles. The van der Waals surface area contributed by atoms with Gasteiger partial charge in [0, 0.05) is 61.1 Å². The van der Waals surface area contributed by atoms with Crippen LogP contribution in [0, 0.1) is 0 Å². The number of fused-ring (bicyclic) bond motifs is 1. The topological polar surface area (TPSA) is 76.2 Å². The fourth-order valence-electron chi connectivity index (χ4n) is 5.10. The van der Waals surface area contributed by atoms with Gasteiger partial charge in [-0.15, -0.1) is 11.3 Å². The van der Waals surface area contributed by atoms with Crippen LogP contribution in [-0.2, 0) is 6.54 Å². The van der Waals surface area contributed by atoms with E-state index < -0.39 is 0 Å². The number of nitrogens with zero attached hydrogens (tertiary/aromatic N) is 6. The minimum atomic E-state index is 0.395. The molecule has 10 heteroatoms. The molecule has 2 fully saturated rings. The Morgan fingerprint density at radius 1 is 1.06 bits per heavy atom. The first kappa shape index (κ1) is 23.7. The first-order valence-electron chi connectivity index (χ1n) is 12.6. The number of hydrogen-bond donors (Lipinski definition) is 2. The molecule has 0 atom stereocenters. The van der Waals surface area contributed by atoms with Crippen LogP contribution in [0.25, 0.3) is 22.6 Å². The lowest BCUT2D eigenvalue weighted by atomic mass is 10.1. The predicted molar refractivity (Wildman–Crippen MR) is 148 cm³/mol. The Morgan fingerprint density at radius 2 is 1.83 bits per heavy atom. The highest BCUT2D eigenvalue weighted by molar-refractivity contribution is 7.09. The maximum atomic E-state index is 6.56. The molecule has 0 radical (unpaired) electrons. The molecule has 188 valence electrons. The maximum absolute atomic E-state index is 6.56. The lowest BCUT2D eigenvalue weighted by Crippen LogP contribution is -2.45. The fourth-order valence-corrected chi connectivity index (χ4v) is 5.93. The quantitative estimate of drug-likeness (QED) is 0.384. The number of nitrogens with one attached hydrogen (secondary N) is 2. The number of halogens is 1. The lowest BCUT2D eigenvalue weighted by Gasteiger charge is -2.35. The molecule has 3 aromatic heterocycles. The van der Waals surface area contributed by atoms with Gasteiger partial charge in [-0.3, -0.25) is 9.88 Å². The van der Waals surface area contributed by atoms with E-state index in [0.717, 1.165) is 86.9 Å². The van der Waals surface area contributed by atoms with Crippen molar-refractivity contribution in [3.05, 3.63) is 52.1 Å². The number of rotatable bonds is 6. The van der Waals surface area contributed by atoms with Gasteiger partial charge in [0.25, 0.3) is 0 Å². The van der Waals surface area contributed by atoms with Crippen molar-refractivity contribution in [1.82, 2.24) is 29.7 Å². The van der Waals surface area contributed by atoms with E-state index in [0.29, 0.717) is 11.1 Å². The zero-order valence-electron chi connectivity index (χ0n) is 20.5. The van der Waals surface area contributed by atoms with Gasteiger partial charge >= 0.3 is 0 Å². The van der Waals surface area contributed by atoms with E-state index in [1.807, 2.05) is 11.7 Å². The van der Waals surface area contributed by atoms with E-state index in [-0.39, 0.29) is 0 Å². The first-order valence-corrected chi connectivity index (χ1v) is 13.8. The second-order valence-electron chi connectivity index (χ2n) is 9.76. The number of thiazole rings is 1. The number of benzene rings is 1. The monoisotopic (exact) mass is 522 g/mol. The average Bonchev–Trinajstić information content (AvgIpc) is 3.58. The number of piperidine rings is 1. The van der Waals surface area contributed by atoms with Gasteiger partial charge in [0.2, 0.25) is 0 Å². The number of aromatic amines is 1. The summed E-state index contributed by atoms with van der Waals surface area (Å²) < 4.78 is 0. The third-order valence-corrected chi connectivity index (χ3v) is 8.33. The number of piperazine rings is 1. The SMILES string of the molecule is CN1CCC(Nc2c(Cl)cnc3[nH]c(-c4ccc(N5CCN(Cc6cncs6)CC5)cc4)nc23)CC1. The maximum Gasteiger partial charge on any atom is 0.159 e. The summed E-state index contributed by atoms with van der Waals surface area (Å²) in [4.78, 5) is 25.7. The van der Waals surface area contributed by atoms with E-state index in [2.05, 4.69) is 66.3 Å². The zero-order chi connectivity index (χ0) is 24.5. The molecule has 0 unspecified atom stereocenters. The van der Waals surface area contributed by atoms with Gasteiger partial charge in [-0.05, 0) is 57.2 Å². The molecule has 8 nitrogen and oxygen atoms in total. The van der Waals surface area contributed by atoms with Crippen LogP contribution < -0.4 is 10.2 Å². The van der Waals surface area contributed by atoms with Crippen LogP contribution in [0.4, 0.5) is 11.4 Å². The van der Waals surface area contributed by atoms with Crippen molar-refractivity contribution < 1.29 is 0 Å². The van der Waals surface area contributed by atoms with Crippen LogP contribution in [0.2, 0.25) is 5.02 Å². The highest BCUT2D eigenvalue weighted by atomic mass is 35.5. The summed E-state index contributed by atoms with van der Waals surface area (Å²) in [7, 11) is 2.17. The van der Waals surface area contributed by atoms with Crippen molar-refractivity contribution in [1.29, 1.82) is 0 Å². The second-order valence-corrected chi connectivity index (χ2v) is 11.1. The van der Waals surface area contributed by atoms with E-state index in [1.165, 1.54) is 10.6 Å². The summed E-state index contributed by atoms with van der Waals surface area (Å²) in [6.07, 6.45) is 5.87. The van der Waals surface area contributed by atoms with Crippen molar-refractivity contribution in [3.8, 4) is 11.4 Å². The molecule has 1 aromatic carbocycles. The van der Waals surface area contributed by atoms with E-state index in [9.17, 15) is 0 Å². The second kappa shape index (κ2) is 10.3. The molecule has 0 aliphatic carbocycles. The van der Waals surface area contributed by atoms with Gasteiger partial charge in [0.15, 0.2) is 5.65 Å². The van der Waals surface area contributed by atoms with Crippen molar-refractivity contribution in [2.45, 2.75) is 25.4 Å². The van der Waals surface area contributed by atoms with Gasteiger partial charge < -0.3 is 20.1 Å². The number of anilines is 2. The average molecular weight is 523 g/mol. The normalized spacial score (nSPS) is 18.2. The number of aromatic nitrogens is 4. The Balaban J connectivity index is 1.14. The zero-order valence-corrected chi connectivity index (χ0v) is 22.0. The standard InChI is InChI=1S/C26H31ClN8S/c1-33-8-6-19(7-9-33)30-23-22(27)15-29-26-24(23)31-25(32-26)18-2-4-20(5-3-18)35-12-10-34(11-13-35)16-21-14-28-17-36-21/h2-5,14-15,17,19H,6-13,16H2,1H3,(H2,29,30,31,32). The van der Waals surface area contributed by atoms with Crippen LogP contribution in [-0.4, -0.2) is 82.1 Å². The summed E-state index contributed by atoms with van der Waals surface area (Å²) in [5.41, 5.74) is 6.64.